The third-order valence-electron chi connectivity index (χ3n) is 4.92. The van der Waals surface area contributed by atoms with E-state index >= 15 is 0 Å². The molecule has 10 heteroatoms. The second kappa shape index (κ2) is 9.95. The summed E-state index contributed by atoms with van der Waals surface area (Å²) in [6, 6.07) is 2.05. The van der Waals surface area contributed by atoms with Crippen LogP contribution in [0.25, 0.3) is 0 Å². The first-order valence-corrected chi connectivity index (χ1v) is 11.2. The van der Waals surface area contributed by atoms with E-state index in [9.17, 15) is 22.4 Å². The number of esters is 1. The number of rotatable bonds is 4. The Morgan fingerprint density at radius 3 is 2.55 bits per heavy atom. The second-order valence-corrected chi connectivity index (χ2v) is 8.63. The van der Waals surface area contributed by atoms with E-state index in [0.717, 1.165) is 55.0 Å². The number of carbonyl (C=O) groups is 1. The molecule has 1 aromatic heterocycles. The summed E-state index contributed by atoms with van der Waals surface area (Å²) >= 11 is 6.58. The van der Waals surface area contributed by atoms with Crippen LogP contribution in [0.2, 0.25) is 0 Å². The molecule has 0 saturated carbocycles. The SMILES string of the molecule is CCOC(=O)c1c(NC(=S)Nc2cc(C(F)(F)F)ccc2F)sc2c1CCCCCC2. The summed E-state index contributed by atoms with van der Waals surface area (Å²) < 4.78 is 58.1. The minimum Gasteiger partial charge on any atom is -0.462 e. The molecule has 2 N–H and O–H groups in total. The molecule has 0 atom stereocenters. The first kappa shape index (κ1) is 23.5. The number of fused-ring (bicyclic) bond motifs is 1. The maximum Gasteiger partial charge on any atom is 0.416 e. The van der Waals surface area contributed by atoms with Gasteiger partial charge < -0.3 is 15.4 Å². The zero-order valence-corrected chi connectivity index (χ0v) is 18.5. The quantitative estimate of drug-likeness (QED) is 0.299. The van der Waals surface area contributed by atoms with Crippen LogP contribution in [0.4, 0.5) is 28.3 Å². The van der Waals surface area contributed by atoms with Crippen LogP contribution in [0.1, 0.15) is 59.0 Å². The van der Waals surface area contributed by atoms with Gasteiger partial charge >= 0.3 is 12.1 Å². The van der Waals surface area contributed by atoms with Gasteiger partial charge in [0.05, 0.1) is 23.4 Å². The van der Waals surface area contributed by atoms with Crippen LogP contribution in [-0.4, -0.2) is 17.7 Å². The maximum absolute atomic E-state index is 14.1. The van der Waals surface area contributed by atoms with Gasteiger partial charge in [-0.2, -0.15) is 13.2 Å². The van der Waals surface area contributed by atoms with Gasteiger partial charge in [0.2, 0.25) is 0 Å². The van der Waals surface area contributed by atoms with Crippen molar-refractivity contribution < 1.29 is 27.1 Å². The molecule has 0 spiro atoms. The average molecular weight is 475 g/mol. The highest BCUT2D eigenvalue weighted by Crippen LogP contribution is 2.38. The number of thiophene rings is 1. The van der Waals surface area contributed by atoms with E-state index in [-0.39, 0.29) is 11.7 Å². The van der Waals surface area contributed by atoms with Crippen molar-refractivity contribution in [1.82, 2.24) is 0 Å². The molecule has 0 fully saturated rings. The number of hydrogen-bond donors (Lipinski definition) is 2. The van der Waals surface area contributed by atoms with E-state index in [2.05, 4.69) is 10.6 Å². The summed E-state index contributed by atoms with van der Waals surface area (Å²) in [5.74, 6) is -1.35. The molecule has 1 aliphatic carbocycles. The number of ether oxygens (including phenoxy) is 1. The minimum atomic E-state index is -4.61. The first-order valence-electron chi connectivity index (χ1n) is 9.97. The molecule has 0 radical (unpaired) electrons. The number of nitrogens with one attached hydrogen (secondary N) is 2. The van der Waals surface area contributed by atoms with Gasteiger partial charge in [-0.3, -0.25) is 0 Å². The summed E-state index contributed by atoms with van der Waals surface area (Å²) in [5.41, 5.74) is -0.0680. The molecular weight excluding hydrogens is 452 g/mol. The zero-order valence-electron chi connectivity index (χ0n) is 16.8. The van der Waals surface area contributed by atoms with Crippen LogP contribution in [0.5, 0.6) is 0 Å². The van der Waals surface area contributed by atoms with Gasteiger partial charge in [-0.05, 0) is 68.6 Å². The number of aryl methyl sites for hydroxylation is 1. The van der Waals surface area contributed by atoms with E-state index in [4.69, 9.17) is 17.0 Å². The van der Waals surface area contributed by atoms with Crippen molar-refractivity contribution in [1.29, 1.82) is 0 Å². The first-order chi connectivity index (χ1) is 14.7. The lowest BCUT2D eigenvalue weighted by atomic mass is 9.96. The Balaban J connectivity index is 1.87. The number of anilines is 2. The van der Waals surface area contributed by atoms with Crippen LogP contribution in [0.3, 0.4) is 0 Å². The Labute approximate surface area is 187 Å². The summed E-state index contributed by atoms with van der Waals surface area (Å²) in [7, 11) is 0. The molecule has 1 aliphatic rings. The Morgan fingerprint density at radius 2 is 1.87 bits per heavy atom. The van der Waals surface area contributed by atoms with E-state index in [1.165, 1.54) is 11.3 Å². The molecule has 2 aromatic rings. The Bertz CT molecular complexity index is 973. The molecule has 168 valence electrons. The molecule has 4 nitrogen and oxygen atoms in total. The Kier molecular flexibility index (Phi) is 7.53. The molecule has 0 saturated heterocycles. The monoisotopic (exact) mass is 474 g/mol. The van der Waals surface area contributed by atoms with Crippen molar-refractivity contribution in [2.75, 3.05) is 17.2 Å². The third-order valence-corrected chi connectivity index (χ3v) is 6.33. The summed E-state index contributed by atoms with van der Waals surface area (Å²) in [4.78, 5) is 13.7. The average Bonchev–Trinajstić information content (AvgIpc) is 2.99. The molecule has 3 rings (SSSR count). The predicted octanol–water partition coefficient (Wildman–Crippen LogP) is 6.55. The van der Waals surface area contributed by atoms with Gasteiger partial charge in [0.15, 0.2) is 5.11 Å². The van der Waals surface area contributed by atoms with Gasteiger partial charge in [0, 0.05) is 4.88 Å². The van der Waals surface area contributed by atoms with Gasteiger partial charge in [0.1, 0.15) is 10.8 Å². The van der Waals surface area contributed by atoms with Crippen molar-refractivity contribution in [2.45, 2.75) is 51.6 Å². The fourth-order valence-electron chi connectivity index (χ4n) is 3.48. The van der Waals surface area contributed by atoms with Crippen LogP contribution in [0.15, 0.2) is 18.2 Å². The number of alkyl halides is 3. The lowest BCUT2D eigenvalue weighted by Crippen LogP contribution is -2.21. The molecule has 0 bridgehead atoms. The highest BCUT2D eigenvalue weighted by molar-refractivity contribution is 7.80. The van der Waals surface area contributed by atoms with Crippen molar-refractivity contribution in [3.05, 3.63) is 45.6 Å². The number of thiocarbonyl (C=S) groups is 1. The van der Waals surface area contributed by atoms with Crippen molar-refractivity contribution in [3.8, 4) is 0 Å². The number of benzene rings is 1. The smallest absolute Gasteiger partial charge is 0.416 e. The van der Waals surface area contributed by atoms with Crippen LogP contribution in [-0.2, 0) is 23.8 Å². The van der Waals surface area contributed by atoms with Gasteiger partial charge in [-0.1, -0.05) is 12.8 Å². The Morgan fingerprint density at radius 1 is 1.16 bits per heavy atom. The predicted molar refractivity (Wildman–Crippen MR) is 117 cm³/mol. The lowest BCUT2D eigenvalue weighted by molar-refractivity contribution is -0.137. The van der Waals surface area contributed by atoms with Crippen LogP contribution >= 0.6 is 23.6 Å². The lowest BCUT2D eigenvalue weighted by Gasteiger charge is -2.14. The van der Waals surface area contributed by atoms with Crippen molar-refractivity contribution in [3.63, 3.8) is 0 Å². The molecule has 31 heavy (non-hydrogen) atoms. The van der Waals surface area contributed by atoms with E-state index in [1.807, 2.05) is 0 Å². The van der Waals surface area contributed by atoms with Gasteiger partial charge in [-0.15, -0.1) is 11.3 Å². The summed E-state index contributed by atoms with van der Waals surface area (Å²) in [6.45, 7) is 1.92. The second-order valence-electron chi connectivity index (χ2n) is 7.11. The maximum atomic E-state index is 14.1. The summed E-state index contributed by atoms with van der Waals surface area (Å²) in [5, 5.41) is 5.69. The van der Waals surface area contributed by atoms with Crippen molar-refractivity contribution in [2.24, 2.45) is 0 Å². The minimum absolute atomic E-state index is 0.113. The standard InChI is InChI=1S/C21H22F4N2O2S2/c1-2-29-19(28)17-13-7-5-3-4-6-8-16(13)31-18(17)27-20(30)26-15-11-12(21(23,24)25)9-10-14(15)22/h9-11H,2-8H2,1H3,(H2,26,27,30). The van der Waals surface area contributed by atoms with E-state index < -0.39 is 29.2 Å². The number of hydrogen-bond acceptors (Lipinski definition) is 4. The molecule has 0 amide bonds. The largest absolute Gasteiger partial charge is 0.462 e. The fourth-order valence-corrected chi connectivity index (χ4v) is 5.04. The van der Waals surface area contributed by atoms with Crippen LogP contribution < -0.4 is 10.6 Å². The van der Waals surface area contributed by atoms with E-state index in [0.29, 0.717) is 22.7 Å². The Hall–Kier alpha value is -2.20. The molecule has 1 heterocycles. The van der Waals surface area contributed by atoms with Crippen molar-refractivity contribution >= 4 is 45.3 Å². The zero-order chi connectivity index (χ0) is 22.6. The van der Waals surface area contributed by atoms with Gasteiger partial charge in [0.25, 0.3) is 0 Å². The number of carbonyl (C=O) groups excluding carboxylic acids is 1. The van der Waals surface area contributed by atoms with E-state index in [1.54, 1.807) is 6.92 Å². The van der Waals surface area contributed by atoms with Gasteiger partial charge in [-0.25, -0.2) is 9.18 Å². The molecule has 1 aromatic carbocycles. The fraction of sp³-hybridized carbons (Fsp3) is 0.429. The molecular formula is C21H22F4N2O2S2. The highest BCUT2D eigenvalue weighted by Gasteiger charge is 2.31. The topological polar surface area (TPSA) is 50.4 Å². The summed E-state index contributed by atoms with van der Waals surface area (Å²) in [6.07, 6.45) is 1.11. The molecule has 0 unspecified atom stereocenters. The van der Waals surface area contributed by atoms with Crippen LogP contribution in [0, 0.1) is 5.82 Å². The molecule has 0 aliphatic heterocycles. The number of halogens is 4. The normalized spacial score (nSPS) is 14.2. The third kappa shape index (κ3) is 5.74. The highest BCUT2D eigenvalue weighted by atomic mass is 32.1.